The Labute approximate surface area is 242 Å². The Kier molecular flexibility index (Phi) is 7.53. The predicted molar refractivity (Wildman–Crippen MR) is 160 cm³/mol. The van der Waals surface area contributed by atoms with Gasteiger partial charge in [-0.25, -0.2) is 23.1 Å². The van der Waals surface area contributed by atoms with Crippen LogP contribution in [0, 0.1) is 18.6 Å². The molecule has 0 aliphatic carbocycles. The number of aromatic nitrogens is 4. The van der Waals surface area contributed by atoms with Gasteiger partial charge in [0.05, 0.1) is 22.3 Å². The van der Waals surface area contributed by atoms with Crippen LogP contribution >= 0.6 is 0 Å². The highest BCUT2D eigenvalue weighted by Gasteiger charge is 2.34. The predicted octanol–water partition coefficient (Wildman–Crippen LogP) is 4.75. The number of amides is 1. The lowest BCUT2D eigenvalue weighted by molar-refractivity contribution is -0.130. The third-order valence-corrected chi connectivity index (χ3v) is 7.66. The maximum Gasteiger partial charge on any atom is 0.355 e. The summed E-state index contributed by atoms with van der Waals surface area (Å²) in [5.74, 6) is -1.60. The smallest absolute Gasteiger partial charge is 0.355 e. The van der Waals surface area contributed by atoms with Gasteiger partial charge >= 0.3 is 5.69 Å². The summed E-state index contributed by atoms with van der Waals surface area (Å²) in [6.07, 6.45) is 2.93. The molecule has 0 unspecified atom stereocenters. The van der Waals surface area contributed by atoms with Crippen LogP contribution in [0.15, 0.2) is 54.0 Å². The fraction of sp³-hybridized carbons (Fsp3) is 0.323. The first-order valence-corrected chi connectivity index (χ1v) is 13.8. The normalized spacial score (nSPS) is 17.2. The number of carbonyl (C=O) groups excluding carboxylic acids is 1. The number of nitrogen functional groups attached to an aromatic ring is 1. The minimum atomic E-state index is -0.818. The number of hydrogen-bond donors (Lipinski definition) is 1. The monoisotopic (exact) mass is 573 g/mol. The molecule has 218 valence electrons. The second-order valence-electron chi connectivity index (χ2n) is 11.0. The number of aryl methyl sites for hydroxylation is 1. The standard InChI is InChI=1S/C31H33F2N7O2/c1-7-24(41)39-18(5)14-38(15-19(39)6)29-20-13-22(33)27(25-21(32)9-8-10-23(25)34)36-30(20)40(31(42)37-29)28-17(4)11-12-35-26(28)16(2)3/h7-13,16,18-19H,1,14-15,34H2,2-6H3/t18-,19+. The van der Waals surface area contributed by atoms with Crippen molar-refractivity contribution in [2.24, 2.45) is 0 Å². The number of piperazine rings is 1. The van der Waals surface area contributed by atoms with Gasteiger partial charge in [-0.2, -0.15) is 4.98 Å². The van der Waals surface area contributed by atoms with E-state index < -0.39 is 17.3 Å². The van der Waals surface area contributed by atoms with Crippen molar-refractivity contribution in [1.29, 1.82) is 0 Å². The van der Waals surface area contributed by atoms with Crippen LogP contribution < -0.4 is 16.3 Å². The summed E-state index contributed by atoms with van der Waals surface area (Å²) in [5.41, 5.74) is 6.86. The third-order valence-electron chi connectivity index (χ3n) is 7.66. The molecule has 4 aromatic rings. The van der Waals surface area contributed by atoms with E-state index in [0.29, 0.717) is 24.5 Å². The van der Waals surface area contributed by atoms with Crippen LogP contribution in [0.5, 0.6) is 0 Å². The molecule has 2 N–H and O–H groups in total. The van der Waals surface area contributed by atoms with Crippen molar-refractivity contribution < 1.29 is 13.6 Å². The lowest BCUT2D eigenvalue weighted by atomic mass is 10.0. The first-order valence-electron chi connectivity index (χ1n) is 13.8. The van der Waals surface area contributed by atoms with Gasteiger partial charge in [0.25, 0.3) is 0 Å². The van der Waals surface area contributed by atoms with E-state index in [1.807, 2.05) is 39.5 Å². The average Bonchev–Trinajstić information content (AvgIpc) is 2.92. The van der Waals surface area contributed by atoms with Gasteiger partial charge in [-0.05, 0) is 62.6 Å². The Morgan fingerprint density at radius 1 is 1.12 bits per heavy atom. The van der Waals surface area contributed by atoms with Gasteiger partial charge in [0.1, 0.15) is 17.3 Å². The van der Waals surface area contributed by atoms with E-state index in [1.165, 1.54) is 34.9 Å². The molecule has 1 aromatic carbocycles. The van der Waals surface area contributed by atoms with Gasteiger partial charge in [0.15, 0.2) is 11.5 Å². The number of nitrogens with zero attached hydrogens (tertiary/aromatic N) is 6. The van der Waals surface area contributed by atoms with Crippen LogP contribution in [-0.4, -0.2) is 55.5 Å². The van der Waals surface area contributed by atoms with Gasteiger partial charge in [0, 0.05) is 37.1 Å². The lowest BCUT2D eigenvalue weighted by Gasteiger charge is -2.44. The molecule has 1 fully saturated rings. The van der Waals surface area contributed by atoms with E-state index in [0.717, 1.165) is 5.56 Å². The molecule has 4 heterocycles. The number of fused-ring (bicyclic) bond motifs is 1. The maximum atomic E-state index is 15.9. The van der Waals surface area contributed by atoms with Crippen molar-refractivity contribution in [3.63, 3.8) is 0 Å². The highest BCUT2D eigenvalue weighted by atomic mass is 19.1. The molecule has 2 atom stereocenters. The summed E-state index contributed by atoms with van der Waals surface area (Å²) in [7, 11) is 0. The van der Waals surface area contributed by atoms with Gasteiger partial charge in [-0.15, -0.1) is 0 Å². The molecule has 0 radical (unpaired) electrons. The topological polar surface area (TPSA) is 110 Å². The molecule has 42 heavy (non-hydrogen) atoms. The number of rotatable bonds is 5. The van der Waals surface area contributed by atoms with Crippen LogP contribution in [0.4, 0.5) is 20.3 Å². The Balaban J connectivity index is 1.83. The molecule has 1 saturated heterocycles. The number of hydrogen-bond acceptors (Lipinski definition) is 7. The zero-order valence-corrected chi connectivity index (χ0v) is 24.2. The quantitative estimate of drug-likeness (QED) is 0.271. The number of anilines is 2. The van der Waals surface area contributed by atoms with Crippen LogP contribution in [0.2, 0.25) is 0 Å². The summed E-state index contributed by atoms with van der Waals surface area (Å²) < 4.78 is 32.2. The fourth-order valence-electron chi connectivity index (χ4n) is 5.83. The maximum absolute atomic E-state index is 15.9. The average molecular weight is 574 g/mol. The Hall–Kier alpha value is -4.67. The minimum absolute atomic E-state index is 0.00927. The van der Waals surface area contributed by atoms with Crippen LogP contribution in [0.3, 0.4) is 0 Å². The van der Waals surface area contributed by atoms with E-state index >= 15 is 8.78 Å². The Morgan fingerprint density at radius 2 is 1.81 bits per heavy atom. The molecule has 1 amide bonds. The van der Waals surface area contributed by atoms with E-state index in [1.54, 1.807) is 17.2 Å². The lowest BCUT2D eigenvalue weighted by Crippen LogP contribution is -2.58. The van der Waals surface area contributed by atoms with Crippen LogP contribution in [0.25, 0.3) is 28.0 Å². The van der Waals surface area contributed by atoms with E-state index in [-0.39, 0.29) is 57.7 Å². The van der Waals surface area contributed by atoms with E-state index in [4.69, 9.17) is 5.73 Å². The molecular weight excluding hydrogens is 540 g/mol. The second-order valence-corrected chi connectivity index (χ2v) is 11.0. The molecule has 0 spiro atoms. The summed E-state index contributed by atoms with van der Waals surface area (Å²) >= 11 is 0. The summed E-state index contributed by atoms with van der Waals surface area (Å²) in [5, 5.41) is 0.256. The van der Waals surface area contributed by atoms with Crippen LogP contribution in [0.1, 0.15) is 44.9 Å². The van der Waals surface area contributed by atoms with Gasteiger partial charge in [-0.1, -0.05) is 26.5 Å². The van der Waals surface area contributed by atoms with Gasteiger partial charge in [0.2, 0.25) is 5.91 Å². The van der Waals surface area contributed by atoms with Gasteiger partial charge in [-0.3, -0.25) is 9.78 Å². The number of carbonyl (C=O) groups is 1. The molecular formula is C31H33F2N7O2. The van der Waals surface area contributed by atoms with Gasteiger partial charge < -0.3 is 15.5 Å². The SMILES string of the molecule is C=CC(=O)N1[C@H](C)CN(c2nc(=O)n(-c3c(C)ccnc3C(C)C)c3nc(-c4c(N)cccc4F)c(F)cc23)C[C@@H]1C. The summed E-state index contributed by atoms with van der Waals surface area (Å²) in [6.45, 7) is 13.8. The second kappa shape index (κ2) is 11.0. The molecule has 0 bridgehead atoms. The third kappa shape index (κ3) is 4.78. The highest BCUT2D eigenvalue weighted by Crippen LogP contribution is 2.35. The molecule has 11 heteroatoms. The number of nitrogens with two attached hydrogens (primary N) is 1. The van der Waals surface area contributed by atoms with E-state index in [9.17, 15) is 9.59 Å². The Morgan fingerprint density at radius 3 is 2.43 bits per heavy atom. The first kappa shape index (κ1) is 28.8. The first-order chi connectivity index (χ1) is 19.9. The molecule has 9 nitrogen and oxygen atoms in total. The Bertz CT molecular complexity index is 1750. The van der Waals surface area contributed by atoms with Crippen LogP contribution in [-0.2, 0) is 4.79 Å². The molecule has 1 aliphatic rings. The largest absolute Gasteiger partial charge is 0.398 e. The molecule has 5 rings (SSSR count). The van der Waals surface area contributed by atoms with Crippen molar-refractivity contribution in [1.82, 2.24) is 24.4 Å². The molecule has 3 aromatic heterocycles. The summed E-state index contributed by atoms with van der Waals surface area (Å²) in [6, 6.07) is 6.56. The van der Waals surface area contributed by atoms with Crippen molar-refractivity contribution in [2.75, 3.05) is 23.7 Å². The number of halogens is 2. The number of benzene rings is 1. The minimum Gasteiger partial charge on any atom is -0.398 e. The zero-order chi connectivity index (χ0) is 30.5. The summed E-state index contributed by atoms with van der Waals surface area (Å²) in [4.78, 5) is 43.6. The van der Waals surface area contributed by atoms with Crippen molar-refractivity contribution in [3.05, 3.63) is 82.6 Å². The number of pyridine rings is 2. The molecule has 0 saturated carbocycles. The van der Waals surface area contributed by atoms with E-state index in [2.05, 4.69) is 21.5 Å². The fourth-order valence-corrected chi connectivity index (χ4v) is 5.83. The zero-order valence-electron chi connectivity index (χ0n) is 24.2. The highest BCUT2D eigenvalue weighted by molar-refractivity contribution is 5.92. The molecule has 1 aliphatic heterocycles. The van der Waals surface area contributed by atoms with Crippen molar-refractivity contribution in [3.8, 4) is 16.9 Å². The van der Waals surface area contributed by atoms with Crippen molar-refractivity contribution in [2.45, 2.75) is 52.6 Å². The van der Waals surface area contributed by atoms with Crippen molar-refractivity contribution >= 4 is 28.4 Å².